The van der Waals surface area contributed by atoms with Gasteiger partial charge in [0, 0.05) is 13.1 Å². The monoisotopic (exact) mass is 321 g/mol. The summed E-state index contributed by atoms with van der Waals surface area (Å²) in [7, 11) is 0. The molecule has 1 aliphatic rings. The minimum Gasteiger partial charge on any atom is -0.451 e. The second kappa shape index (κ2) is 5.88. The second-order valence-electron chi connectivity index (χ2n) is 5.13. The number of amides is 1. The lowest BCUT2D eigenvalue weighted by Gasteiger charge is -2.32. The fourth-order valence-corrected chi connectivity index (χ4v) is 2.95. The van der Waals surface area contributed by atoms with Gasteiger partial charge in [0.25, 0.3) is 11.5 Å². The first-order valence-electron chi connectivity index (χ1n) is 6.97. The number of carbonyl (C=O) groups is 2. The Morgan fingerprint density at radius 1 is 1.45 bits per heavy atom. The number of thiophene rings is 1. The highest BCUT2D eigenvalue weighted by molar-refractivity contribution is 7.16. The summed E-state index contributed by atoms with van der Waals surface area (Å²) in [6.07, 6.45) is 1.47. The van der Waals surface area contributed by atoms with E-state index in [4.69, 9.17) is 4.74 Å². The third-order valence-electron chi connectivity index (χ3n) is 3.57. The summed E-state index contributed by atoms with van der Waals surface area (Å²) < 4.78 is 6.30. The molecule has 1 saturated heterocycles. The Kier molecular flexibility index (Phi) is 3.93. The Balaban J connectivity index is 1.66. The van der Waals surface area contributed by atoms with Crippen LogP contribution in [0.2, 0.25) is 0 Å². The maximum atomic E-state index is 12.2. The first kappa shape index (κ1) is 14.7. The molecule has 22 heavy (non-hydrogen) atoms. The van der Waals surface area contributed by atoms with Gasteiger partial charge in [0.15, 0.2) is 6.10 Å². The van der Waals surface area contributed by atoms with Crippen LogP contribution in [0.1, 0.15) is 13.3 Å². The molecule has 0 saturated carbocycles. The highest BCUT2D eigenvalue weighted by Gasteiger charge is 2.27. The molecule has 2 aromatic rings. The van der Waals surface area contributed by atoms with E-state index in [2.05, 4.69) is 4.98 Å². The number of rotatable bonds is 4. The molecule has 8 heteroatoms. The van der Waals surface area contributed by atoms with Crippen LogP contribution in [-0.4, -0.2) is 45.5 Å². The summed E-state index contributed by atoms with van der Waals surface area (Å²) in [5.41, 5.74) is -0.287. The molecule has 0 N–H and O–H groups in total. The van der Waals surface area contributed by atoms with Crippen LogP contribution in [0.15, 0.2) is 22.6 Å². The molecule has 0 aromatic carbocycles. The van der Waals surface area contributed by atoms with E-state index in [0.29, 0.717) is 23.3 Å². The summed E-state index contributed by atoms with van der Waals surface area (Å²) in [5, 5.41) is 2.25. The van der Waals surface area contributed by atoms with Crippen LogP contribution >= 0.6 is 11.3 Å². The van der Waals surface area contributed by atoms with E-state index < -0.39 is 12.1 Å². The molecule has 1 amide bonds. The molecule has 3 rings (SSSR count). The number of ether oxygens (including phenoxy) is 1. The first-order chi connectivity index (χ1) is 10.6. The molecular formula is C14H15N3O4S. The van der Waals surface area contributed by atoms with E-state index in [1.165, 1.54) is 22.2 Å². The fraction of sp³-hybridized carbons (Fsp3) is 0.429. The highest BCUT2D eigenvalue weighted by atomic mass is 32.1. The van der Waals surface area contributed by atoms with Crippen molar-refractivity contribution in [2.75, 3.05) is 13.1 Å². The van der Waals surface area contributed by atoms with Crippen molar-refractivity contribution >= 4 is 33.4 Å². The molecule has 0 spiro atoms. The lowest BCUT2D eigenvalue weighted by atomic mass is 10.2. The quantitative estimate of drug-likeness (QED) is 0.771. The number of carbonyl (C=O) groups excluding carboxylic acids is 2. The molecule has 1 aliphatic heterocycles. The molecule has 1 atom stereocenters. The predicted octanol–water partition coefficient (Wildman–Crippen LogP) is 0.622. The minimum absolute atomic E-state index is 0.196. The molecule has 0 radical (unpaired) electrons. The van der Waals surface area contributed by atoms with E-state index in [-0.39, 0.29) is 18.0 Å². The van der Waals surface area contributed by atoms with Gasteiger partial charge >= 0.3 is 5.97 Å². The van der Waals surface area contributed by atoms with E-state index in [9.17, 15) is 14.4 Å². The zero-order valence-electron chi connectivity index (χ0n) is 12.0. The van der Waals surface area contributed by atoms with Crippen molar-refractivity contribution in [1.29, 1.82) is 0 Å². The van der Waals surface area contributed by atoms with Crippen molar-refractivity contribution in [3.8, 4) is 0 Å². The van der Waals surface area contributed by atoms with Crippen LogP contribution in [0.5, 0.6) is 0 Å². The number of hydrogen-bond acceptors (Lipinski definition) is 6. The maximum absolute atomic E-state index is 12.2. The standard InChI is InChI=1S/C14H15N3O4S/c1-9(13(19)16-4-2-5-16)21-11(18)7-17-8-15-12-10(14(17)20)3-6-22-12/h3,6,8-9H,2,4-5,7H2,1H3. The van der Waals surface area contributed by atoms with Gasteiger partial charge in [-0.2, -0.15) is 0 Å². The molecule has 3 heterocycles. The zero-order chi connectivity index (χ0) is 15.7. The van der Waals surface area contributed by atoms with E-state index in [1.54, 1.807) is 23.3 Å². The Bertz CT molecular complexity index is 778. The Hall–Kier alpha value is -2.22. The molecule has 1 fully saturated rings. The van der Waals surface area contributed by atoms with E-state index >= 15 is 0 Å². The van der Waals surface area contributed by atoms with Gasteiger partial charge in [-0.15, -0.1) is 11.3 Å². The van der Waals surface area contributed by atoms with E-state index in [0.717, 1.165) is 6.42 Å². The SMILES string of the molecule is CC(OC(=O)Cn1cnc2sccc2c1=O)C(=O)N1CCC1. The smallest absolute Gasteiger partial charge is 0.326 e. The summed E-state index contributed by atoms with van der Waals surface area (Å²) in [4.78, 5) is 42.3. The molecule has 7 nitrogen and oxygen atoms in total. The molecule has 0 bridgehead atoms. The minimum atomic E-state index is -0.832. The Morgan fingerprint density at radius 2 is 2.23 bits per heavy atom. The number of esters is 1. The van der Waals surface area contributed by atoms with Crippen molar-refractivity contribution in [3.63, 3.8) is 0 Å². The first-order valence-corrected chi connectivity index (χ1v) is 7.85. The van der Waals surface area contributed by atoms with Crippen LogP contribution in [0.25, 0.3) is 10.2 Å². The average molecular weight is 321 g/mol. The fourth-order valence-electron chi connectivity index (χ4n) is 2.22. The summed E-state index contributed by atoms with van der Waals surface area (Å²) >= 11 is 1.36. The van der Waals surface area contributed by atoms with Gasteiger partial charge in [0.2, 0.25) is 0 Å². The summed E-state index contributed by atoms with van der Waals surface area (Å²) in [6, 6.07) is 1.67. The molecule has 0 aliphatic carbocycles. The van der Waals surface area contributed by atoms with Crippen LogP contribution < -0.4 is 5.56 Å². The zero-order valence-corrected chi connectivity index (χ0v) is 12.8. The van der Waals surface area contributed by atoms with Crippen molar-refractivity contribution in [2.24, 2.45) is 0 Å². The highest BCUT2D eigenvalue weighted by Crippen LogP contribution is 2.13. The van der Waals surface area contributed by atoms with Crippen molar-refractivity contribution in [2.45, 2.75) is 26.0 Å². The average Bonchev–Trinajstić information content (AvgIpc) is 2.89. The predicted molar refractivity (Wildman–Crippen MR) is 80.6 cm³/mol. The van der Waals surface area contributed by atoms with Crippen LogP contribution in [0.4, 0.5) is 0 Å². The molecule has 116 valence electrons. The normalized spacial score (nSPS) is 15.4. The van der Waals surface area contributed by atoms with Gasteiger partial charge in [0.1, 0.15) is 11.4 Å². The Morgan fingerprint density at radius 3 is 2.91 bits per heavy atom. The largest absolute Gasteiger partial charge is 0.451 e. The number of fused-ring (bicyclic) bond motifs is 1. The topological polar surface area (TPSA) is 81.5 Å². The third kappa shape index (κ3) is 2.74. The van der Waals surface area contributed by atoms with Crippen LogP contribution in [0.3, 0.4) is 0 Å². The van der Waals surface area contributed by atoms with E-state index in [1.807, 2.05) is 0 Å². The summed E-state index contributed by atoms with van der Waals surface area (Å²) in [5.74, 6) is -0.821. The van der Waals surface area contributed by atoms with Crippen LogP contribution in [0, 0.1) is 0 Å². The van der Waals surface area contributed by atoms with Crippen molar-refractivity contribution in [3.05, 3.63) is 28.1 Å². The summed E-state index contributed by atoms with van der Waals surface area (Å²) in [6.45, 7) is 2.70. The van der Waals surface area contributed by atoms with Gasteiger partial charge in [0.05, 0.1) is 11.7 Å². The van der Waals surface area contributed by atoms with Crippen molar-refractivity contribution in [1.82, 2.24) is 14.5 Å². The number of aromatic nitrogens is 2. The third-order valence-corrected chi connectivity index (χ3v) is 4.39. The molecule has 2 aromatic heterocycles. The van der Waals surface area contributed by atoms with Gasteiger partial charge in [-0.05, 0) is 24.8 Å². The second-order valence-corrected chi connectivity index (χ2v) is 6.02. The Labute approximate surface area is 130 Å². The molecule has 1 unspecified atom stereocenters. The number of likely N-dealkylation sites (tertiary alicyclic amines) is 1. The van der Waals surface area contributed by atoms with Gasteiger partial charge in [-0.3, -0.25) is 19.0 Å². The lowest BCUT2D eigenvalue weighted by Crippen LogP contribution is -2.47. The van der Waals surface area contributed by atoms with Gasteiger partial charge in [-0.1, -0.05) is 0 Å². The molecular weight excluding hydrogens is 306 g/mol. The van der Waals surface area contributed by atoms with Gasteiger partial charge < -0.3 is 9.64 Å². The maximum Gasteiger partial charge on any atom is 0.326 e. The number of nitrogens with zero attached hydrogens (tertiary/aromatic N) is 3. The number of hydrogen-bond donors (Lipinski definition) is 0. The van der Waals surface area contributed by atoms with Crippen molar-refractivity contribution < 1.29 is 14.3 Å². The van der Waals surface area contributed by atoms with Gasteiger partial charge in [-0.25, -0.2) is 4.98 Å². The lowest BCUT2D eigenvalue weighted by molar-refractivity contribution is -0.161. The van der Waals surface area contributed by atoms with Crippen LogP contribution in [-0.2, 0) is 20.9 Å².